The van der Waals surface area contributed by atoms with Crippen molar-refractivity contribution >= 4 is 33.3 Å². The summed E-state index contributed by atoms with van der Waals surface area (Å²) in [5, 5.41) is 4.34. The van der Waals surface area contributed by atoms with Crippen LogP contribution in [0.15, 0.2) is 24.5 Å². The second kappa shape index (κ2) is 6.81. The molecule has 1 aliphatic carbocycles. The first-order chi connectivity index (χ1) is 13.6. The average molecular weight is 394 g/mol. The first-order valence-electron chi connectivity index (χ1n) is 9.81. The van der Waals surface area contributed by atoms with Crippen LogP contribution in [0.1, 0.15) is 45.9 Å². The third kappa shape index (κ3) is 2.94. The van der Waals surface area contributed by atoms with Gasteiger partial charge in [0.25, 0.3) is 5.91 Å². The minimum absolute atomic E-state index is 0.166. The summed E-state index contributed by atoms with van der Waals surface area (Å²) in [5.74, 6) is 1.63. The molecule has 5 rings (SSSR count). The fraction of sp³-hybridized carbons (Fsp3) is 0.429. The zero-order valence-corrected chi connectivity index (χ0v) is 16.9. The predicted molar refractivity (Wildman–Crippen MR) is 111 cm³/mol. The van der Waals surface area contributed by atoms with Gasteiger partial charge in [0.15, 0.2) is 0 Å². The Morgan fingerprint density at radius 3 is 2.93 bits per heavy atom. The van der Waals surface area contributed by atoms with Crippen LogP contribution in [0.4, 0.5) is 5.82 Å². The van der Waals surface area contributed by atoms with Gasteiger partial charge in [0, 0.05) is 18.3 Å². The molecule has 1 amide bonds. The Bertz CT molecular complexity index is 1060. The van der Waals surface area contributed by atoms with Gasteiger partial charge in [-0.2, -0.15) is 0 Å². The largest absolute Gasteiger partial charge is 0.364 e. The van der Waals surface area contributed by atoms with Gasteiger partial charge in [-0.25, -0.2) is 9.97 Å². The van der Waals surface area contributed by atoms with E-state index in [1.165, 1.54) is 24.2 Å². The van der Waals surface area contributed by atoms with E-state index in [0.29, 0.717) is 18.5 Å². The molecule has 4 heterocycles. The molecule has 0 spiro atoms. The molecule has 0 aromatic carbocycles. The maximum atomic E-state index is 13.2. The lowest BCUT2D eigenvalue weighted by Gasteiger charge is -2.26. The monoisotopic (exact) mass is 393 g/mol. The van der Waals surface area contributed by atoms with E-state index in [4.69, 9.17) is 0 Å². The van der Waals surface area contributed by atoms with E-state index in [1.54, 1.807) is 6.33 Å². The number of pyridine rings is 1. The third-order valence-electron chi connectivity index (χ3n) is 5.97. The molecule has 0 radical (unpaired) electrons. The molecular weight excluding hydrogens is 370 g/mol. The molecule has 2 fully saturated rings. The zero-order chi connectivity index (χ0) is 19.3. The van der Waals surface area contributed by atoms with Crippen molar-refractivity contribution in [1.82, 2.24) is 19.9 Å². The number of thiophene rings is 1. The summed E-state index contributed by atoms with van der Waals surface area (Å²) in [7, 11) is 0. The molecule has 2 aliphatic rings. The number of likely N-dealkylation sites (tertiary alicyclic amines) is 1. The molecular formula is C21H23N5OS. The minimum atomic E-state index is 0.166. The van der Waals surface area contributed by atoms with E-state index in [2.05, 4.69) is 25.2 Å². The number of nitrogens with one attached hydrogen (secondary N) is 1. The summed E-state index contributed by atoms with van der Waals surface area (Å²) in [6, 6.07) is 6.41. The molecule has 1 N–H and O–H groups in total. The predicted octanol–water partition coefficient (Wildman–Crippen LogP) is 3.94. The van der Waals surface area contributed by atoms with Crippen molar-refractivity contribution in [3.63, 3.8) is 0 Å². The van der Waals surface area contributed by atoms with Crippen LogP contribution in [0.5, 0.6) is 0 Å². The van der Waals surface area contributed by atoms with E-state index in [0.717, 1.165) is 50.8 Å². The normalized spacial score (nSPS) is 20.9. The van der Waals surface area contributed by atoms with E-state index in [1.807, 2.05) is 32.0 Å². The average Bonchev–Trinajstić information content (AvgIpc) is 3.41. The van der Waals surface area contributed by atoms with E-state index < -0.39 is 0 Å². The minimum Gasteiger partial charge on any atom is -0.364 e. The Kier molecular flexibility index (Phi) is 4.27. The van der Waals surface area contributed by atoms with Crippen LogP contribution in [0, 0.1) is 19.8 Å². The fourth-order valence-electron chi connectivity index (χ4n) is 4.59. The lowest BCUT2D eigenvalue weighted by molar-refractivity contribution is 0.0708. The van der Waals surface area contributed by atoms with Crippen LogP contribution in [-0.2, 0) is 6.54 Å². The van der Waals surface area contributed by atoms with E-state index >= 15 is 0 Å². The molecule has 3 aromatic rings. The van der Waals surface area contributed by atoms with E-state index in [-0.39, 0.29) is 5.91 Å². The third-order valence-corrected chi connectivity index (χ3v) is 7.16. The topological polar surface area (TPSA) is 71.0 Å². The number of fused-ring (bicyclic) bond motifs is 3. The van der Waals surface area contributed by atoms with Gasteiger partial charge < -0.3 is 10.2 Å². The lowest BCUT2D eigenvalue weighted by Crippen LogP contribution is -2.37. The van der Waals surface area contributed by atoms with Gasteiger partial charge in [-0.3, -0.25) is 9.78 Å². The molecule has 7 heteroatoms. The number of aryl methyl sites for hydroxylation is 2. The van der Waals surface area contributed by atoms with Crippen LogP contribution < -0.4 is 5.32 Å². The Morgan fingerprint density at radius 2 is 2.18 bits per heavy atom. The number of hydrogen-bond acceptors (Lipinski definition) is 6. The summed E-state index contributed by atoms with van der Waals surface area (Å²) in [5.41, 5.74) is 2.93. The van der Waals surface area contributed by atoms with Gasteiger partial charge in [-0.1, -0.05) is 6.07 Å². The van der Waals surface area contributed by atoms with Gasteiger partial charge in [-0.15, -0.1) is 11.3 Å². The number of aromatic nitrogens is 3. The van der Waals surface area contributed by atoms with Gasteiger partial charge in [0.05, 0.1) is 22.5 Å². The van der Waals surface area contributed by atoms with Crippen molar-refractivity contribution in [3.8, 4) is 0 Å². The fourth-order valence-corrected chi connectivity index (χ4v) is 5.69. The lowest BCUT2D eigenvalue weighted by atomic mass is 10.1. The van der Waals surface area contributed by atoms with Crippen LogP contribution in [0.25, 0.3) is 10.2 Å². The van der Waals surface area contributed by atoms with Crippen LogP contribution in [0.2, 0.25) is 0 Å². The van der Waals surface area contributed by atoms with Crippen molar-refractivity contribution < 1.29 is 4.79 Å². The molecule has 1 aliphatic heterocycles. The van der Waals surface area contributed by atoms with Gasteiger partial charge in [-0.05, 0) is 56.7 Å². The quantitative estimate of drug-likeness (QED) is 0.727. The number of carbonyl (C=O) groups excluding carboxylic acids is 1. The van der Waals surface area contributed by atoms with E-state index in [9.17, 15) is 4.79 Å². The molecule has 0 unspecified atom stereocenters. The molecule has 1 saturated carbocycles. The molecule has 6 nitrogen and oxygen atoms in total. The highest BCUT2D eigenvalue weighted by Crippen LogP contribution is 2.40. The SMILES string of the molecule is Cc1cccc(CNc2ncnc3sc(C(=O)N4C[C@@H]5CC[C@H]4C5)c(C)c23)n1. The summed E-state index contributed by atoms with van der Waals surface area (Å²) < 4.78 is 0. The summed E-state index contributed by atoms with van der Waals surface area (Å²) in [4.78, 5) is 30.4. The van der Waals surface area contributed by atoms with Crippen LogP contribution in [-0.4, -0.2) is 38.3 Å². The Hall–Kier alpha value is -2.54. The first kappa shape index (κ1) is 17.6. The summed E-state index contributed by atoms with van der Waals surface area (Å²) >= 11 is 1.49. The maximum Gasteiger partial charge on any atom is 0.264 e. The van der Waals surface area contributed by atoms with Crippen molar-refractivity contribution in [2.45, 2.75) is 45.7 Å². The molecule has 2 bridgehead atoms. The molecule has 2 atom stereocenters. The zero-order valence-electron chi connectivity index (χ0n) is 16.1. The van der Waals surface area contributed by atoms with Gasteiger partial charge in [0.1, 0.15) is 17.0 Å². The van der Waals surface area contributed by atoms with Crippen molar-refractivity contribution in [2.75, 3.05) is 11.9 Å². The second-order valence-corrected chi connectivity index (χ2v) is 8.87. The number of piperidine rings is 1. The second-order valence-electron chi connectivity index (χ2n) is 7.87. The van der Waals surface area contributed by atoms with Crippen molar-refractivity contribution in [3.05, 3.63) is 46.4 Å². The number of nitrogens with zero attached hydrogens (tertiary/aromatic N) is 4. The van der Waals surface area contributed by atoms with Crippen LogP contribution in [0.3, 0.4) is 0 Å². The number of anilines is 1. The number of carbonyl (C=O) groups is 1. The molecule has 144 valence electrons. The van der Waals surface area contributed by atoms with Crippen molar-refractivity contribution in [1.29, 1.82) is 0 Å². The smallest absolute Gasteiger partial charge is 0.264 e. The van der Waals surface area contributed by atoms with Gasteiger partial charge >= 0.3 is 0 Å². The number of amides is 1. The Labute approximate surface area is 168 Å². The Balaban J connectivity index is 1.44. The number of rotatable bonds is 4. The highest BCUT2D eigenvalue weighted by molar-refractivity contribution is 7.20. The first-order valence-corrected chi connectivity index (χ1v) is 10.6. The maximum absolute atomic E-state index is 13.2. The summed E-state index contributed by atoms with van der Waals surface area (Å²) in [6.45, 7) is 5.49. The van der Waals surface area contributed by atoms with Crippen LogP contribution >= 0.6 is 11.3 Å². The molecule has 3 aromatic heterocycles. The highest BCUT2D eigenvalue weighted by Gasteiger charge is 2.41. The highest BCUT2D eigenvalue weighted by atomic mass is 32.1. The number of hydrogen-bond donors (Lipinski definition) is 1. The standard InChI is InChI=1S/C21H23N5OS/c1-12-4-3-5-15(25-12)9-22-19-17-13(2)18(28-20(17)24-11-23-19)21(27)26-10-14-6-7-16(26)8-14/h3-5,11,14,16H,6-10H2,1-2H3,(H,22,23,24)/t14-,16+/m1/s1. The molecule has 1 saturated heterocycles. The Morgan fingerprint density at radius 1 is 1.29 bits per heavy atom. The van der Waals surface area contributed by atoms with Crippen molar-refractivity contribution in [2.24, 2.45) is 5.92 Å². The molecule has 28 heavy (non-hydrogen) atoms. The summed E-state index contributed by atoms with van der Waals surface area (Å²) in [6.07, 6.45) is 5.16. The van der Waals surface area contributed by atoms with Gasteiger partial charge in [0.2, 0.25) is 0 Å².